The minimum Gasteiger partial charge on any atom is -0.394 e. The molecule has 0 radical (unpaired) electrons. The second-order valence-electron chi connectivity index (χ2n) is 10.5. The van der Waals surface area contributed by atoms with Crippen LogP contribution in [0.25, 0.3) is 0 Å². The van der Waals surface area contributed by atoms with Crippen molar-refractivity contribution >= 4 is 41.4 Å². The van der Waals surface area contributed by atoms with Crippen molar-refractivity contribution in [3.05, 3.63) is 0 Å². The Morgan fingerprint density at radius 3 is 1.95 bits per heavy atom. The molecule has 10 N–H and O–H groups in total. The molecule has 0 aliphatic carbocycles. The van der Waals surface area contributed by atoms with Crippen molar-refractivity contribution in [2.24, 2.45) is 11.5 Å². The van der Waals surface area contributed by atoms with E-state index in [1.165, 1.54) is 30.6 Å². The maximum Gasteiger partial charge on any atom is 0.245 e. The molecular weight excluding hydrogens is 556 g/mol. The molecule has 0 bridgehead atoms. The molecule has 7 amide bonds. The van der Waals surface area contributed by atoms with Crippen LogP contribution in [0.3, 0.4) is 0 Å². The molecule has 2 aliphatic rings. The topological polar surface area (TPSA) is 267 Å². The molecule has 2 saturated heterocycles. The predicted molar refractivity (Wildman–Crippen MR) is 146 cm³/mol. The zero-order valence-corrected chi connectivity index (χ0v) is 24.0. The number of carbonyl (C=O) groups excluding carboxylic acids is 7. The van der Waals surface area contributed by atoms with E-state index in [4.69, 9.17) is 11.5 Å². The second kappa shape index (κ2) is 15.4. The Balaban J connectivity index is 1.92. The summed E-state index contributed by atoms with van der Waals surface area (Å²) < 4.78 is 0. The lowest BCUT2D eigenvalue weighted by molar-refractivity contribution is -0.141. The summed E-state index contributed by atoms with van der Waals surface area (Å²) in [5.74, 6) is -4.98. The van der Waals surface area contributed by atoms with Gasteiger partial charge >= 0.3 is 0 Å². The second-order valence-corrected chi connectivity index (χ2v) is 10.5. The van der Waals surface area contributed by atoms with E-state index in [0.29, 0.717) is 32.2 Å². The van der Waals surface area contributed by atoms with Crippen molar-refractivity contribution in [3.8, 4) is 0 Å². The number of rotatable bonds is 13. The molecule has 0 saturated carbocycles. The van der Waals surface area contributed by atoms with Crippen molar-refractivity contribution in [3.63, 3.8) is 0 Å². The Bertz CT molecular complexity index is 1050. The average Bonchev–Trinajstić information content (AvgIpc) is 3.62. The fourth-order valence-electron chi connectivity index (χ4n) is 4.89. The van der Waals surface area contributed by atoms with E-state index in [-0.39, 0.29) is 6.54 Å². The molecule has 0 aromatic rings. The third-order valence-electron chi connectivity index (χ3n) is 7.14. The largest absolute Gasteiger partial charge is 0.394 e. The number of aliphatic hydroxyl groups excluding tert-OH is 2. The molecule has 0 aromatic carbocycles. The van der Waals surface area contributed by atoms with Crippen LogP contribution in [0.2, 0.25) is 0 Å². The normalized spacial score (nSPS) is 21.9. The molecular formula is C25H42N8O9. The summed E-state index contributed by atoms with van der Waals surface area (Å²) in [4.78, 5) is 89.8. The lowest BCUT2D eigenvalue weighted by Crippen LogP contribution is -2.61. The number of nitrogens with two attached hydrogens (primary N) is 2. The lowest BCUT2D eigenvalue weighted by atomic mass is 10.1. The zero-order valence-electron chi connectivity index (χ0n) is 24.0. The number of hydrogen-bond acceptors (Lipinski definition) is 10. The highest BCUT2D eigenvalue weighted by molar-refractivity contribution is 5.96. The molecule has 236 valence electrons. The molecule has 0 aromatic heterocycles. The molecule has 0 unspecified atom stereocenters. The average molecular weight is 599 g/mol. The number of likely N-dealkylation sites (tertiary alicyclic amines) is 2. The van der Waals surface area contributed by atoms with Crippen molar-refractivity contribution in [1.82, 2.24) is 31.1 Å². The molecule has 2 aliphatic heterocycles. The Hall–Kier alpha value is -3.83. The van der Waals surface area contributed by atoms with Crippen LogP contribution in [0.15, 0.2) is 0 Å². The van der Waals surface area contributed by atoms with Crippen molar-refractivity contribution < 1.29 is 43.8 Å². The maximum atomic E-state index is 12.8. The van der Waals surface area contributed by atoms with E-state index in [0.717, 1.165) is 0 Å². The molecule has 0 spiro atoms. The summed E-state index contributed by atoms with van der Waals surface area (Å²) >= 11 is 0. The number of primary amides is 1. The fourth-order valence-corrected chi connectivity index (χ4v) is 4.89. The predicted octanol–water partition coefficient (Wildman–Crippen LogP) is -5.24. The van der Waals surface area contributed by atoms with Crippen LogP contribution < -0.4 is 32.7 Å². The summed E-state index contributed by atoms with van der Waals surface area (Å²) in [5, 5.41) is 29.0. The Kier molecular flexibility index (Phi) is 12.6. The first kappa shape index (κ1) is 34.4. The summed E-state index contributed by atoms with van der Waals surface area (Å²) in [5.41, 5.74) is 11.0. The van der Waals surface area contributed by atoms with Crippen LogP contribution in [-0.4, -0.2) is 130 Å². The van der Waals surface area contributed by atoms with E-state index < -0.39 is 96.9 Å². The first-order valence-corrected chi connectivity index (χ1v) is 13.8. The van der Waals surface area contributed by atoms with Gasteiger partial charge in [-0.2, -0.15) is 0 Å². The van der Waals surface area contributed by atoms with Crippen LogP contribution in [0, 0.1) is 0 Å². The summed E-state index contributed by atoms with van der Waals surface area (Å²) in [7, 11) is 0. The highest BCUT2D eigenvalue weighted by Gasteiger charge is 2.38. The van der Waals surface area contributed by atoms with Gasteiger partial charge in [-0.05, 0) is 46.5 Å². The summed E-state index contributed by atoms with van der Waals surface area (Å²) in [6.45, 7) is 3.29. The number of aliphatic hydroxyl groups is 2. The van der Waals surface area contributed by atoms with Crippen LogP contribution in [-0.2, 0) is 33.6 Å². The number of carbonyl (C=O) groups is 7. The van der Waals surface area contributed by atoms with Gasteiger partial charge in [-0.15, -0.1) is 0 Å². The third-order valence-corrected chi connectivity index (χ3v) is 7.14. The van der Waals surface area contributed by atoms with Gasteiger partial charge in [0.1, 0.15) is 30.2 Å². The molecule has 17 heteroatoms. The number of nitrogens with zero attached hydrogens (tertiary/aromatic N) is 2. The molecule has 2 heterocycles. The first-order valence-electron chi connectivity index (χ1n) is 13.8. The fraction of sp³-hybridized carbons (Fsp3) is 0.720. The Labute approximate surface area is 243 Å². The quantitative estimate of drug-likeness (QED) is 0.0998. The van der Waals surface area contributed by atoms with Gasteiger partial charge in [0.05, 0.1) is 25.3 Å². The zero-order chi connectivity index (χ0) is 31.7. The standard InChI is InChI=1S/C25H42N8O9/c1-12(26)24(41)33-9-5-7-17(33)22(39)28-10-18(36)30-15(11-34)21(38)31-19(14(3)35)23(40)29-13(2)25(42)32-8-4-6-16(32)20(27)37/h12-17,19,34-35H,4-11,26H2,1-3H3,(H2,27,37)(H,28,39)(H,29,40)(H,30,36)(H,31,38)/t12-,13-,14+,15-,16-,17-,19-/m0/s1. The number of amides is 7. The van der Waals surface area contributed by atoms with Gasteiger partial charge in [-0.1, -0.05) is 0 Å². The van der Waals surface area contributed by atoms with Crippen LogP contribution in [0.5, 0.6) is 0 Å². The van der Waals surface area contributed by atoms with Crippen LogP contribution >= 0.6 is 0 Å². The highest BCUT2D eigenvalue weighted by Crippen LogP contribution is 2.19. The number of nitrogens with one attached hydrogen (secondary N) is 4. The van der Waals surface area contributed by atoms with Crippen molar-refractivity contribution in [2.75, 3.05) is 26.2 Å². The van der Waals surface area contributed by atoms with Gasteiger partial charge in [-0.25, -0.2) is 0 Å². The van der Waals surface area contributed by atoms with E-state index >= 15 is 0 Å². The van der Waals surface area contributed by atoms with E-state index in [1.54, 1.807) is 0 Å². The molecule has 17 nitrogen and oxygen atoms in total. The maximum absolute atomic E-state index is 12.8. The third kappa shape index (κ3) is 8.83. The van der Waals surface area contributed by atoms with Crippen molar-refractivity contribution in [2.45, 2.75) is 88.8 Å². The van der Waals surface area contributed by atoms with E-state index in [1.807, 2.05) is 0 Å². The summed E-state index contributed by atoms with van der Waals surface area (Å²) in [6, 6.07) is -6.62. The SMILES string of the molecule is C[C@H](N)C(=O)N1CCC[C@H]1C(=O)NCC(=O)N[C@@H](CO)C(=O)N[C@H](C(=O)N[C@@H](C)C(=O)N1CCC[C@H]1C(N)=O)[C@@H](C)O. The van der Waals surface area contributed by atoms with Gasteiger partial charge in [0, 0.05) is 13.1 Å². The number of hydrogen-bond donors (Lipinski definition) is 8. The highest BCUT2D eigenvalue weighted by atomic mass is 16.3. The van der Waals surface area contributed by atoms with Gasteiger partial charge < -0.3 is 52.7 Å². The van der Waals surface area contributed by atoms with Crippen LogP contribution in [0.4, 0.5) is 0 Å². The van der Waals surface area contributed by atoms with E-state index in [2.05, 4.69) is 21.3 Å². The van der Waals surface area contributed by atoms with Gasteiger partial charge in [0.15, 0.2) is 0 Å². The lowest BCUT2D eigenvalue weighted by Gasteiger charge is -2.28. The van der Waals surface area contributed by atoms with E-state index in [9.17, 15) is 43.8 Å². The van der Waals surface area contributed by atoms with Crippen molar-refractivity contribution in [1.29, 1.82) is 0 Å². The Morgan fingerprint density at radius 1 is 0.857 bits per heavy atom. The molecule has 42 heavy (non-hydrogen) atoms. The first-order chi connectivity index (χ1) is 19.7. The van der Waals surface area contributed by atoms with Gasteiger partial charge in [0.25, 0.3) is 0 Å². The smallest absolute Gasteiger partial charge is 0.245 e. The van der Waals surface area contributed by atoms with Gasteiger partial charge in [-0.3, -0.25) is 33.6 Å². The molecule has 2 rings (SSSR count). The minimum absolute atomic E-state index is 0.283. The minimum atomic E-state index is -1.57. The monoisotopic (exact) mass is 598 g/mol. The van der Waals surface area contributed by atoms with Gasteiger partial charge in [0.2, 0.25) is 41.4 Å². The molecule has 7 atom stereocenters. The Morgan fingerprint density at radius 2 is 1.43 bits per heavy atom. The summed E-state index contributed by atoms with van der Waals surface area (Å²) in [6.07, 6.45) is 0.510. The van der Waals surface area contributed by atoms with Crippen LogP contribution in [0.1, 0.15) is 46.5 Å². The molecule has 2 fully saturated rings.